The number of hydrogen-bond acceptors (Lipinski definition) is 1. The molecular weight excluding hydrogens is 328 g/mol. The molecule has 0 spiro atoms. The first-order valence-electron chi connectivity index (χ1n) is 10.00. The summed E-state index contributed by atoms with van der Waals surface area (Å²) >= 11 is 0. The molecule has 27 heavy (non-hydrogen) atoms. The van der Waals surface area contributed by atoms with Crippen LogP contribution >= 0.6 is 0 Å². The van der Waals surface area contributed by atoms with Crippen LogP contribution in [0.5, 0.6) is 5.75 Å². The summed E-state index contributed by atoms with van der Waals surface area (Å²) in [6.45, 7) is 9.63. The van der Waals surface area contributed by atoms with E-state index in [0.717, 1.165) is 17.7 Å². The van der Waals surface area contributed by atoms with E-state index in [4.69, 9.17) is 4.74 Å². The van der Waals surface area contributed by atoms with Crippen LogP contribution in [0.3, 0.4) is 0 Å². The standard InChI is InChI=1S/C26H30O/c1-5-20(4)22-15-16-24(19(2)3)23(17-22)18-27-26-14-10-9-13-25(26)21-11-7-6-8-12-21/h6-17,19-20H,5,18H2,1-4H3. The Morgan fingerprint density at radius 2 is 1.52 bits per heavy atom. The Balaban J connectivity index is 1.89. The van der Waals surface area contributed by atoms with E-state index in [0.29, 0.717) is 18.4 Å². The average Bonchev–Trinajstić information content (AvgIpc) is 2.72. The second-order valence-corrected chi connectivity index (χ2v) is 7.57. The lowest BCUT2D eigenvalue weighted by atomic mass is 9.91. The van der Waals surface area contributed by atoms with Gasteiger partial charge in [0.1, 0.15) is 12.4 Å². The van der Waals surface area contributed by atoms with Gasteiger partial charge in [-0.05, 0) is 46.6 Å². The highest BCUT2D eigenvalue weighted by Crippen LogP contribution is 2.32. The predicted octanol–water partition coefficient (Wildman–Crippen LogP) is 7.57. The lowest BCUT2D eigenvalue weighted by Gasteiger charge is -2.18. The highest BCUT2D eigenvalue weighted by molar-refractivity contribution is 5.70. The molecule has 3 aromatic carbocycles. The molecular formula is C26H30O. The SMILES string of the molecule is CCC(C)c1ccc(C(C)C)c(COc2ccccc2-c2ccccc2)c1. The van der Waals surface area contributed by atoms with E-state index >= 15 is 0 Å². The second-order valence-electron chi connectivity index (χ2n) is 7.57. The molecule has 1 nitrogen and oxygen atoms in total. The monoisotopic (exact) mass is 358 g/mol. The highest BCUT2D eigenvalue weighted by atomic mass is 16.5. The van der Waals surface area contributed by atoms with Gasteiger partial charge < -0.3 is 4.74 Å². The summed E-state index contributed by atoms with van der Waals surface area (Å²) < 4.78 is 6.34. The molecule has 1 unspecified atom stereocenters. The largest absolute Gasteiger partial charge is 0.488 e. The van der Waals surface area contributed by atoms with E-state index in [1.807, 2.05) is 12.1 Å². The van der Waals surface area contributed by atoms with Gasteiger partial charge in [0.05, 0.1) is 0 Å². The Labute approximate surface area is 164 Å². The molecule has 0 aliphatic heterocycles. The topological polar surface area (TPSA) is 9.23 Å². The molecule has 0 bridgehead atoms. The Bertz CT molecular complexity index is 864. The van der Waals surface area contributed by atoms with E-state index in [9.17, 15) is 0 Å². The zero-order valence-electron chi connectivity index (χ0n) is 16.9. The summed E-state index contributed by atoms with van der Waals surface area (Å²) in [6.07, 6.45) is 1.15. The summed E-state index contributed by atoms with van der Waals surface area (Å²) in [6, 6.07) is 25.7. The van der Waals surface area contributed by atoms with E-state index in [1.165, 1.54) is 22.3 Å². The van der Waals surface area contributed by atoms with Gasteiger partial charge in [0.25, 0.3) is 0 Å². The van der Waals surface area contributed by atoms with Crippen molar-refractivity contribution >= 4 is 0 Å². The quantitative estimate of drug-likeness (QED) is 0.423. The van der Waals surface area contributed by atoms with Gasteiger partial charge in [-0.2, -0.15) is 0 Å². The fraction of sp³-hybridized carbons (Fsp3) is 0.308. The number of para-hydroxylation sites is 1. The molecule has 3 aromatic rings. The van der Waals surface area contributed by atoms with Crippen molar-refractivity contribution in [2.24, 2.45) is 0 Å². The van der Waals surface area contributed by atoms with Gasteiger partial charge in [0.15, 0.2) is 0 Å². The number of hydrogen-bond donors (Lipinski definition) is 0. The summed E-state index contributed by atoms with van der Waals surface area (Å²) in [4.78, 5) is 0. The smallest absolute Gasteiger partial charge is 0.127 e. The first-order valence-corrected chi connectivity index (χ1v) is 10.00. The van der Waals surface area contributed by atoms with Crippen molar-refractivity contribution in [2.75, 3.05) is 0 Å². The predicted molar refractivity (Wildman–Crippen MR) is 115 cm³/mol. The third-order valence-electron chi connectivity index (χ3n) is 5.33. The first kappa shape index (κ1) is 19.2. The Morgan fingerprint density at radius 3 is 2.22 bits per heavy atom. The molecule has 0 saturated carbocycles. The zero-order chi connectivity index (χ0) is 19.2. The van der Waals surface area contributed by atoms with Crippen LogP contribution in [0.1, 0.15) is 62.6 Å². The second kappa shape index (κ2) is 8.90. The van der Waals surface area contributed by atoms with Crippen LogP contribution in [-0.2, 0) is 6.61 Å². The minimum atomic E-state index is 0.485. The maximum absolute atomic E-state index is 6.34. The van der Waals surface area contributed by atoms with Crippen molar-refractivity contribution in [3.05, 3.63) is 89.5 Å². The van der Waals surface area contributed by atoms with Gasteiger partial charge in [-0.1, -0.05) is 94.4 Å². The lowest BCUT2D eigenvalue weighted by Crippen LogP contribution is -2.04. The maximum atomic E-state index is 6.34. The molecule has 0 aliphatic carbocycles. The number of benzene rings is 3. The van der Waals surface area contributed by atoms with Gasteiger partial charge in [-0.25, -0.2) is 0 Å². The summed E-state index contributed by atoms with van der Waals surface area (Å²) in [5, 5.41) is 0. The average molecular weight is 359 g/mol. The first-order chi connectivity index (χ1) is 13.1. The normalized spacial score (nSPS) is 12.2. The number of ether oxygens (including phenoxy) is 1. The van der Waals surface area contributed by atoms with Crippen molar-refractivity contribution in [2.45, 2.75) is 52.6 Å². The molecule has 1 atom stereocenters. The fourth-order valence-electron chi connectivity index (χ4n) is 3.46. The van der Waals surface area contributed by atoms with Crippen LogP contribution in [0.25, 0.3) is 11.1 Å². The molecule has 0 aliphatic rings. The molecule has 0 radical (unpaired) electrons. The fourth-order valence-corrected chi connectivity index (χ4v) is 3.46. The van der Waals surface area contributed by atoms with Crippen molar-refractivity contribution < 1.29 is 4.74 Å². The third-order valence-corrected chi connectivity index (χ3v) is 5.33. The van der Waals surface area contributed by atoms with Crippen LogP contribution in [-0.4, -0.2) is 0 Å². The van der Waals surface area contributed by atoms with Crippen LogP contribution < -0.4 is 4.74 Å². The van der Waals surface area contributed by atoms with E-state index in [-0.39, 0.29) is 0 Å². The van der Waals surface area contributed by atoms with Gasteiger partial charge >= 0.3 is 0 Å². The maximum Gasteiger partial charge on any atom is 0.127 e. The van der Waals surface area contributed by atoms with Crippen LogP contribution in [0.4, 0.5) is 0 Å². The van der Waals surface area contributed by atoms with Crippen molar-refractivity contribution in [1.82, 2.24) is 0 Å². The Kier molecular flexibility index (Phi) is 6.34. The summed E-state index contributed by atoms with van der Waals surface area (Å²) in [7, 11) is 0. The number of rotatable bonds is 7. The zero-order valence-corrected chi connectivity index (χ0v) is 16.9. The molecule has 0 amide bonds. The van der Waals surface area contributed by atoms with E-state index < -0.39 is 0 Å². The van der Waals surface area contributed by atoms with Crippen LogP contribution in [0, 0.1) is 0 Å². The van der Waals surface area contributed by atoms with Crippen LogP contribution in [0.15, 0.2) is 72.8 Å². The molecule has 0 aromatic heterocycles. The van der Waals surface area contributed by atoms with Gasteiger partial charge in [0.2, 0.25) is 0 Å². The van der Waals surface area contributed by atoms with Crippen molar-refractivity contribution in [3.8, 4) is 16.9 Å². The third kappa shape index (κ3) is 4.60. The minimum absolute atomic E-state index is 0.485. The molecule has 0 saturated heterocycles. The van der Waals surface area contributed by atoms with Crippen molar-refractivity contribution in [1.29, 1.82) is 0 Å². The van der Waals surface area contributed by atoms with E-state index in [1.54, 1.807) is 0 Å². The molecule has 3 rings (SSSR count). The van der Waals surface area contributed by atoms with Crippen molar-refractivity contribution in [3.63, 3.8) is 0 Å². The van der Waals surface area contributed by atoms with Gasteiger partial charge in [0, 0.05) is 5.56 Å². The molecule has 1 heteroatoms. The molecule has 0 N–H and O–H groups in total. The molecule has 140 valence electrons. The highest BCUT2D eigenvalue weighted by Gasteiger charge is 2.12. The van der Waals surface area contributed by atoms with E-state index in [2.05, 4.69) is 88.4 Å². The van der Waals surface area contributed by atoms with Gasteiger partial charge in [-0.15, -0.1) is 0 Å². The molecule has 0 heterocycles. The van der Waals surface area contributed by atoms with Gasteiger partial charge in [-0.3, -0.25) is 0 Å². The Morgan fingerprint density at radius 1 is 0.815 bits per heavy atom. The van der Waals surface area contributed by atoms with Crippen LogP contribution in [0.2, 0.25) is 0 Å². The summed E-state index contributed by atoms with van der Waals surface area (Å²) in [5.74, 6) is 1.99. The molecule has 0 fully saturated rings. The minimum Gasteiger partial charge on any atom is -0.488 e. The lowest BCUT2D eigenvalue weighted by molar-refractivity contribution is 0.305. The summed E-state index contributed by atoms with van der Waals surface area (Å²) in [5.41, 5.74) is 6.40. The Hall–Kier alpha value is -2.54.